The topological polar surface area (TPSA) is 61.4 Å². The molecule has 2 rings (SSSR count). The van der Waals surface area contributed by atoms with E-state index in [1.807, 2.05) is 24.3 Å². The molecule has 0 unspecified atom stereocenters. The third kappa shape index (κ3) is 5.15. The van der Waals surface area contributed by atoms with E-state index in [1.165, 1.54) is 0 Å². The summed E-state index contributed by atoms with van der Waals surface area (Å²) >= 11 is 0. The van der Waals surface area contributed by atoms with Crippen molar-refractivity contribution in [1.82, 2.24) is 10.2 Å². The number of nitrogens with zero attached hydrogens (tertiary/aromatic N) is 1. The Morgan fingerprint density at radius 1 is 1.27 bits per heavy atom. The summed E-state index contributed by atoms with van der Waals surface area (Å²) in [6, 6.07) is 7.79. The lowest BCUT2D eigenvalue weighted by molar-refractivity contribution is -0.134. The molecule has 1 fully saturated rings. The number of rotatable bonds is 6. The molecular formula is C17H25N3O2. The van der Waals surface area contributed by atoms with Gasteiger partial charge in [0.05, 0.1) is 6.54 Å². The van der Waals surface area contributed by atoms with Gasteiger partial charge in [-0.1, -0.05) is 25.5 Å². The van der Waals surface area contributed by atoms with Gasteiger partial charge in [0.15, 0.2) is 0 Å². The van der Waals surface area contributed by atoms with Crippen molar-refractivity contribution in [2.24, 2.45) is 0 Å². The third-order valence-corrected chi connectivity index (χ3v) is 3.80. The highest BCUT2D eigenvalue weighted by atomic mass is 16.2. The normalized spacial score (nSPS) is 15.5. The van der Waals surface area contributed by atoms with Gasteiger partial charge in [-0.15, -0.1) is 0 Å². The first-order chi connectivity index (χ1) is 10.7. The summed E-state index contributed by atoms with van der Waals surface area (Å²) in [6.45, 7) is 4.59. The summed E-state index contributed by atoms with van der Waals surface area (Å²) in [5, 5.41) is 6.14. The van der Waals surface area contributed by atoms with Gasteiger partial charge in [0.1, 0.15) is 0 Å². The maximum atomic E-state index is 12.1. The molecule has 0 bridgehead atoms. The van der Waals surface area contributed by atoms with Crippen molar-refractivity contribution in [1.29, 1.82) is 0 Å². The number of amides is 2. The highest BCUT2D eigenvalue weighted by Crippen LogP contribution is 2.13. The molecule has 0 spiro atoms. The van der Waals surface area contributed by atoms with Crippen LogP contribution >= 0.6 is 0 Å². The van der Waals surface area contributed by atoms with Crippen LogP contribution in [0.25, 0.3) is 0 Å². The van der Waals surface area contributed by atoms with Gasteiger partial charge in [0.2, 0.25) is 11.8 Å². The Labute approximate surface area is 132 Å². The van der Waals surface area contributed by atoms with Crippen LogP contribution in [0, 0.1) is 0 Å². The lowest BCUT2D eigenvalue weighted by atomic mass is 10.2. The predicted octanol–water partition coefficient (Wildman–Crippen LogP) is 2.14. The maximum Gasteiger partial charge on any atom is 0.243 e. The molecule has 0 aromatic heterocycles. The molecule has 1 saturated heterocycles. The fourth-order valence-corrected chi connectivity index (χ4v) is 2.61. The molecule has 0 atom stereocenters. The average Bonchev–Trinajstić information content (AvgIpc) is 2.70. The summed E-state index contributed by atoms with van der Waals surface area (Å²) < 4.78 is 0. The molecule has 1 heterocycles. The Morgan fingerprint density at radius 3 is 2.95 bits per heavy atom. The Kier molecular flexibility index (Phi) is 6.40. The summed E-state index contributed by atoms with van der Waals surface area (Å²) in [4.78, 5) is 25.7. The smallest absolute Gasteiger partial charge is 0.243 e. The molecule has 0 saturated carbocycles. The van der Waals surface area contributed by atoms with Crippen LogP contribution in [0.1, 0.15) is 38.2 Å². The first-order valence-corrected chi connectivity index (χ1v) is 8.06. The molecule has 22 heavy (non-hydrogen) atoms. The molecule has 5 nitrogen and oxygen atoms in total. The molecule has 0 radical (unpaired) electrons. The molecule has 2 N–H and O–H groups in total. The molecule has 120 valence electrons. The van der Waals surface area contributed by atoms with Crippen LogP contribution in [-0.2, 0) is 16.1 Å². The van der Waals surface area contributed by atoms with E-state index in [-0.39, 0.29) is 18.4 Å². The van der Waals surface area contributed by atoms with Crippen LogP contribution in [0.3, 0.4) is 0 Å². The SMILES string of the molecule is CCNCc1cccc(NC(=O)CN2CCCCCC2=O)c1. The number of hydrogen-bond donors (Lipinski definition) is 2. The Balaban J connectivity index is 1.89. The van der Waals surface area contributed by atoms with E-state index in [0.29, 0.717) is 13.0 Å². The zero-order valence-electron chi connectivity index (χ0n) is 13.2. The highest BCUT2D eigenvalue weighted by molar-refractivity contribution is 5.94. The van der Waals surface area contributed by atoms with E-state index < -0.39 is 0 Å². The van der Waals surface area contributed by atoms with E-state index >= 15 is 0 Å². The minimum Gasteiger partial charge on any atom is -0.333 e. The van der Waals surface area contributed by atoms with E-state index in [9.17, 15) is 9.59 Å². The van der Waals surface area contributed by atoms with E-state index in [2.05, 4.69) is 17.6 Å². The molecule has 2 amide bonds. The van der Waals surface area contributed by atoms with Crippen LogP contribution in [0.4, 0.5) is 5.69 Å². The zero-order valence-corrected chi connectivity index (χ0v) is 13.2. The van der Waals surface area contributed by atoms with Crippen molar-refractivity contribution in [2.45, 2.75) is 39.2 Å². The van der Waals surface area contributed by atoms with Crippen LogP contribution in [0.2, 0.25) is 0 Å². The van der Waals surface area contributed by atoms with Gasteiger partial charge >= 0.3 is 0 Å². The van der Waals surface area contributed by atoms with Gasteiger partial charge in [-0.05, 0) is 37.1 Å². The van der Waals surface area contributed by atoms with E-state index in [4.69, 9.17) is 0 Å². The Morgan fingerprint density at radius 2 is 2.14 bits per heavy atom. The number of anilines is 1. The largest absolute Gasteiger partial charge is 0.333 e. The number of carbonyl (C=O) groups is 2. The van der Waals surface area contributed by atoms with Crippen LogP contribution in [0.5, 0.6) is 0 Å². The Bertz CT molecular complexity index is 516. The summed E-state index contributed by atoms with van der Waals surface area (Å²) in [5.74, 6) is -0.0376. The molecule has 5 heteroatoms. The van der Waals surface area contributed by atoms with Crippen molar-refractivity contribution >= 4 is 17.5 Å². The van der Waals surface area contributed by atoms with Gasteiger partial charge in [-0.2, -0.15) is 0 Å². The first-order valence-electron chi connectivity index (χ1n) is 8.06. The monoisotopic (exact) mass is 303 g/mol. The fourth-order valence-electron chi connectivity index (χ4n) is 2.61. The van der Waals surface area contributed by atoms with E-state index in [0.717, 1.165) is 43.6 Å². The fraction of sp³-hybridized carbons (Fsp3) is 0.529. The average molecular weight is 303 g/mol. The molecule has 1 aliphatic rings. The minimum atomic E-state index is -0.129. The van der Waals surface area contributed by atoms with Crippen molar-refractivity contribution in [3.05, 3.63) is 29.8 Å². The molecule has 1 aromatic carbocycles. The predicted molar refractivity (Wildman–Crippen MR) is 87.5 cm³/mol. The van der Waals surface area contributed by atoms with Crippen molar-refractivity contribution in [3.63, 3.8) is 0 Å². The first kappa shape index (κ1) is 16.5. The van der Waals surface area contributed by atoms with Crippen LogP contribution in [-0.4, -0.2) is 36.3 Å². The summed E-state index contributed by atoms with van der Waals surface area (Å²) in [5.41, 5.74) is 1.91. The maximum absolute atomic E-state index is 12.1. The number of hydrogen-bond acceptors (Lipinski definition) is 3. The molecule has 1 aromatic rings. The number of benzene rings is 1. The van der Waals surface area contributed by atoms with Gasteiger partial charge in [-0.25, -0.2) is 0 Å². The molecular weight excluding hydrogens is 278 g/mol. The van der Waals surface area contributed by atoms with Crippen molar-refractivity contribution < 1.29 is 9.59 Å². The standard InChI is InChI=1S/C17H25N3O2/c1-2-18-12-14-7-6-8-15(11-14)19-16(21)13-20-10-5-3-4-9-17(20)22/h6-8,11,18H,2-5,9-10,12-13H2,1H3,(H,19,21). The highest BCUT2D eigenvalue weighted by Gasteiger charge is 2.19. The quantitative estimate of drug-likeness (QED) is 0.846. The minimum absolute atomic E-state index is 0.0912. The Hall–Kier alpha value is -1.88. The van der Waals surface area contributed by atoms with Gasteiger partial charge < -0.3 is 15.5 Å². The lowest BCUT2D eigenvalue weighted by Gasteiger charge is -2.19. The third-order valence-electron chi connectivity index (χ3n) is 3.80. The molecule has 0 aliphatic carbocycles. The van der Waals surface area contributed by atoms with Gasteiger partial charge in [0, 0.05) is 25.2 Å². The second-order valence-electron chi connectivity index (χ2n) is 5.65. The van der Waals surface area contributed by atoms with Crippen molar-refractivity contribution in [3.8, 4) is 0 Å². The molecule has 1 aliphatic heterocycles. The lowest BCUT2D eigenvalue weighted by Crippen LogP contribution is -2.37. The summed E-state index contributed by atoms with van der Waals surface area (Å²) in [6.07, 6.45) is 3.54. The van der Waals surface area contributed by atoms with Gasteiger partial charge in [-0.3, -0.25) is 9.59 Å². The van der Waals surface area contributed by atoms with Crippen molar-refractivity contribution in [2.75, 3.05) is 25.0 Å². The second-order valence-corrected chi connectivity index (χ2v) is 5.65. The zero-order chi connectivity index (χ0) is 15.8. The van der Waals surface area contributed by atoms with E-state index in [1.54, 1.807) is 4.90 Å². The van der Waals surface area contributed by atoms with Crippen LogP contribution in [0.15, 0.2) is 24.3 Å². The summed E-state index contributed by atoms with van der Waals surface area (Å²) in [7, 11) is 0. The number of likely N-dealkylation sites (tertiary alicyclic amines) is 1. The second kappa shape index (κ2) is 8.54. The van der Waals surface area contributed by atoms with Crippen LogP contribution < -0.4 is 10.6 Å². The van der Waals surface area contributed by atoms with Gasteiger partial charge in [0.25, 0.3) is 0 Å². The number of nitrogens with one attached hydrogen (secondary N) is 2. The number of carbonyl (C=O) groups excluding carboxylic acids is 2.